The zero-order chi connectivity index (χ0) is 15.4. The summed E-state index contributed by atoms with van der Waals surface area (Å²) in [5.41, 5.74) is 4.39. The van der Waals surface area contributed by atoms with E-state index < -0.39 is 0 Å². The molecule has 5 aromatic rings. The molecular weight excluding hydrogens is 292 g/mol. The van der Waals surface area contributed by atoms with Gasteiger partial charge in [0.05, 0.1) is 0 Å². The summed E-state index contributed by atoms with van der Waals surface area (Å²) in [6, 6.07) is 8.61. The van der Waals surface area contributed by atoms with Gasteiger partial charge in [-0.25, -0.2) is 4.98 Å². The number of hydrogen-bond donors (Lipinski definition) is 2. The highest BCUT2D eigenvalue weighted by atomic mass is 16.3. The van der Waals surface area contributed by atoms with Crippen LogP contribution in [0.4, 0.5) is 0 Å². The lowest BCUT2D eigenvalue weighted by Crippen LogP contribution is -1.92. The van der Waals surface area contributed by atoms with Crippen molar-refractivity contribution in [3.63, 3.8) is 0 Å². The van der Waals surface area contributed by atoms with Crippen LogP contribution in [0.15, 0.2) is 58.1 Å². The van der Waals surface area contributed by atoms with Crippen molar-refractivity contribution in [2.24, 2.45) is 0 Å². The number of H-pyrrole nitrogens is 2. The van der Waals surface area contributed by atoms with E-state index in [4.69, 9.17) is 4.42 Å². The molecule has 0 aliphatic rings. The van der Waals surface area contributed by atoms with Crippen molar-refractivity contribution in [1.29, 1.82) is 0 Å². The molecule has 0 radical (unpaired) electrons. The summed E-state index contributed by atoms with van der Waals surface area (Å²) in [5, 5.41) is 7.73. The van der Waals surface area contributed by atoms with Crippen LogP contribution in [0.3, 0.4) is 0 Å². The average molecular weight is 302 g/mol. The SMILES string of the molecule is O=c1ccc2c(c1)oc1c(-c3cccnc3)c3c[nH][nH]c3nc12. The van der Waals surface area contributed by atoms with Crippen molar-refractivity contribution in [1.82, 2.24) is 20.2 Å². The third-order valence-corrected chi connectivity index (χ3v) is 3.97. The van der Waals surface area contributed by atoms with Crippen LogP contribution >= 0.6 is 0 Å². The van der Waals surface area contributed by atoms with E-state index in [0.717, 1.165) is 33.1 Å². The van der Waals surface area contributed by atoms with Gasteiger partial charge in [-0.1, -0.05) is 6.07 Å². The molecule has 5 rings (SSSR count). The first-order chi connectivity index (χ1) is 11.3. The molecule has 110 valence electrons. The summed E-state index contributed by atoms with van der Waals surface area (Å²) in [4.78, 5) is 20.4. The summed E-state index contributed by atoms with van der Waals surface area (Å²) in [6.45, 7) is 0. The molecule has 0 spiro atoms. The monoisotopic (exact) mass is 302 g/mol. The summed E-state index contributed by atoms with van der Waals surface area (Å²) >= 11 is 0. The fourth-order valence-corrected chi connectivity index (χ4v) is 2.97. The Balaban J connectivity index is 2.05. The molecule has 0 unspecified atom stereocenters. The number of aromatic nitrogens is 4. The first-order valence-electron chi connectivity index (χ1n) is 7.14. The van der Waals surface area contributed by atoms with Crippen LogP contribution in [0.2, 0.25) is 0 Å². The molecule has 0 aliphatic carbocycles. The number of aromatic amines is 2. The molecule has 4 aromatic heterocycles. The van der Waals surface area contributed by atoms with Crippen molar-refractivity contribution in [2.75, 3.05) is 0 Å². The molecule has 0 amide bonds. The highest BCUT2D eigenvalue weighted by Crippen LogP contribution is 2.37. The van der Waals surface area contributed by atoms with E-state index in [9.17, 15) is 4.79 Å². The Morgan fingerprint density at radius 3 is 2.96 bits per heavy atom. The van der Waals surface area contributed by atoms with Crippen molar-refractivity contribution in [3.8, 4) is 11.1 Å². The molecule has 0 fully saturated rings. The maximum absolute atomic E-state index is 11.6. The number of fused-ring (bicyclic) bond motifs is 4. The first-order valence-corrected chi connectivity index (χ1v) is 7.14. The highest BCUT2D eigenvalue weighted by Gasteiger charge is 2.18. The zero-order valence-electron chi connectivity index (χ0n) is 11.8. The van der Waals surface area contributed by atoms with E-state index in [-0.39, 0.29) is 5.43 Å². The number of nitrogens with zero attached hydrogens (tertiary/aromatic N) is 2. The van der Waals surface area contributed by atoms with Crippen LogP contribution in [0.25, 0.3) is 44.2 Å². The van der Waals surface area contributed by atoms with Gasteiger partial charge in [-0.2, -0.15) is 0 Å². The summed E-state index contributed by atoms with van der Waals surface area (Å²) in [6.07, 6.45) is 5.36. The van der Waals surface area contributed by atoms with E-state index >= 15 is 0 Å². The predicted molar refractivity (Wildman–Crippen MR) is 87.2 cm³/mol. The smallest absolute Gasteiger partial charge is 0.182 e. The summed E-state index contributed by atoms with van der Waals surface area (Å²) in [5.74, 6) is 0. The maximum Gasteiger partial charge on any atom is 0.182 e. The lowest BCUT2D eigenvalue weighted by molar-refractivity contribution is 0.669. The number of nitrogens with one attached hydrogen (secondary N) is 2. The van der Waals surface area contributed by atoms with Crippen LogP contribution in [0, 0.1) is 0 Å². The van der Waals surface area contributed by atoms with Crippen molar-refractivity contribution in [3.05, 3.63) is 59.1 Å². The Hall–Kier alpha value is -3.41. The second-order valence-electron chi connectivity index (χ2n) is 5.34. The number of hydrogen-bond acceptors (Lipinski definition) is 4. The Morgan fingerprint density at radius 2 is 2.09 bits per heavy atom. The minimum Gasteiger partial charge on any atom is -0.454 e. The molecule has 23 heavy (non-hydrogen) atoms. The van der Waals surface area contributed by atoms with Gasteiger partial charge in [0.2, 0.25) is 0 Å². The number of rotatable bonds is 1. The maximum atomic E-state index is 11.6. The van der Waals surface area contributed by atoms with Crippen LogP contribution in [0.1, 0.15) is 0 Å². The molecule has 6 heteroatoms. The van der Waals surface area contributed by atoms with Crippen molar-refractivity contribution < 1.29 is 4.42 Å². The molecule has 0 saturated heterocycles. The zero-order valence-corrected chi connectivity index (χ0v) is 11.8. The van der Waals surface area contributed by atoms with Gasteiger partial charge in [0, 0.05) is 46.6 Å². The van der Waals surface area contributed by atoms with Crippen molar-refractivity contribution >= 4 is 33.1 Å². The molecular formula is C17H10N4O2. The summed E-state index contributed by atoms with van der Waals surface area (Å²) < 4.78 is 5.98. The Kier molecular flexibility index (Phi) is 2.27. The quantitative estimate of drug-likeness (QED) is 0.497. The number of furan rings is 1. The van der Waals surface area contributed by atoms with Gasteiger partial charge >= 0.3 is 0 Å². The van der Waals surface area contributed by atoms with E-state index in [1.165, 1.54) is 12.1 Å². The van der Waals surface area contributed by atoms with Crippen molar-refractivity contribution in [2.45, 2.75) is 0 Å². The third kappa shape index (κ3) is 1.66. The molecule has 0 saturated carbocycles. The van der Waals surface area contributed by atoms with Crippen LogP contribution in [-0.4, -0.2) is 20.2 Å². The minimum atomic E-state index is -0.0848. The second-order valence-corrected chi connectivity index (χ2v) is 5.34. The van der Waals surface area contributed by atoms with Gasteiger partial charge in [0.25, 0.3) is 0 Å². The second kappa shape index (κ2) is 4.30. The lowest BCUT2D eigenvalue weighted by atomic mass is 10.0. The standard InChI is InChI=1S/C17H10N4O2/c22-10-3-4-11-13(6-10)23-16-14(9-2-1-5-18-7-9)12-8-19-21-17(12)20-15(11)16/h1-8H,(H2,19,20,21). The lowest BCUT2D eigenvalue weighted by Gasteiger charge is -2.03. The average Bonchev–Trinajstić information content (AvgIpc) is 3.16. The molecule has 0 atom stereocenters. The van der Waals surface area contributed by atoms with Crippen LogP contribution < -0.4 is 5.43 Å². The first kappa shape index (κ1) is 12.2. The molecule has 2 N–H and O–H groups in total. The van der Waals surface area contributed by atoms with Crippen LogP contribution in [0.5, 0.6) is 0 Å². The Labute approximate surface area is 128 Å². The third-order valence-electron chi connectivity index (χ3n) is 3.97. The van der Waals surface area contributed by atoms with Crippen LogP contribution in [-0.2, 0) is 0 Å². The normalized spacial score (nSPS) is 11.7. The molecule has 4 heterocycles. The molecule has 0 bridgehead atoms. The Bertz CT molecular complexity index is 1230. The molecule has 1 aromatic carbocycles. The minimum absolute atomic E-state index is 0.0848. The predicted octanol–water partition coefficient (Wildman–Crippen LogP) is 3.21. The number of pyridine rings is 2. The summed E-state index contributed by atoms with van der Waals surface area (Å²) in [7, 11) is 0. The topological polar surface area (TPSA) is 87.6 Å². The van der Waals surface area contributed by atoms with Gasteiger partial charge in [0.1, 0.15) is 11.1 Å². The molecule has 6 nitrogen and oxygen atoms in total. The van der Waals surface area contributed by atoms with E-state index in [0.29, 0.717) is 11.2 Å². The molecule has 0 aliphatic heterocycles. The van der Waals surface area contributed by atoms with E-state index in [1.807, 2.05) is 18.3 Å². The van der Waals surface area contributed by atoms with Gasteiger partial charge < -0.3 is 9.52 Å². The number of benzene rings is 1. The van der Waals surface area contributed by atoms with Gasteiger partial charge in [0.15, 0.2) is 16.7 Å². The fraction of sp³-hybridized carbons (Fsp3) is 0. The Morgan fingerprint density at radius 1 is 1.13 bits per heavy atom. The fourth-order valence-electron chi connectivity index (χ4n) is 2.97. The highest BCUT2D eigenvalue weighted by molar-refractivity contribution is 6.14. The largest absolute Gasteiger partial charge is 0.454 e. The van der Waals surface area contributed by atoms with Gasteiger partial charge in [-0.05, 0) is 18.2 Å². The van der Waals surface area contributed by atoms with E-state index in [2.05, 4.69) is 20.2 Å². The van der Waals surface area contributed by atoms with E-state index in [1.54, 1.807) is 18.5 Å². The van der Waals surface area contributed by atoms with Gasteiger partial charge in [-0.3, -0.25) is 14.9 Å². The van der Waals surface area contributed by atoms with Gasteiger partial charge in [-0.15, -0.1) is 0 Å².